The van der Waals surface area contributed by atoms with Crippen molar-refractivity contribution in [3.05, 3.63) is 53.1 Å². The van der Waals surface area contributed by atoms with Crippen molar-refractivity contribution in [2.45, 2.75) is 25.8 Å². The third-order valence-electron chi connectivity index (χ3n) is 5.10. The number of halogens is 1. The van der Waals surface area contributed by atoms with Crippen molar-refractivity contribution < 1.29 is 4.79 Å². The van der Waals surface area contributed by atoms with Gasteiger partial charge in [-0.1, -0.05) is 35.0 Å². The fourth-order valence-corrected chi connectivity index (χ4v) is 3.73. The average Bonchev–Trinajstić information content (AvgIpc) is 3.09. The highest BCUT2D eigenvalue weighted by atomic mass is 35.5. The van der Waals surface area contributed by atoms with E-state index < -0.39 is 0 Å². The molecule has 4 rings (SSSR count). The summed E-state index contributed by atoms with van der Waals surface area (Å²) in [5.74, 6) is -0.0143. The first-order chi connectivity index (χ1) is 13.1. The third kappa shape index (κ3) is 3.96. The molecule has 0 bridgehead atoms. The molecule has 6 nitrogen and oxygen atoms in total. The second-order valence-electron chi connectivity index (χ2n) is 7.04. The number of benzene rings is 2. The summed E-state index contributed by atoms with van der Waals surface area (Å²) in [7, 11) is 0. The molecule has 2 heterocycles. The van der Waals surface area contributed by atoms with Gasteiger partial charge in [-0.3, -0.25) is 9.69 Å². The van der Waals surface area contributed by atoms with Crippen LogP contribution in [0.4, 0.5) is 5.69 Å². The molecule has 0 atom stereocenters. The van der Waals surface area contributed by atoms with Gasteiger partial charge in [0, 0.05) is 23.8 Å². The minimum Gasteiger partial charge on any atom is -0.325 e. The first-order valence-electron chi connectivity index (χ1n) is 9.18. The SMILES string of the molecule is Cc1ccc(NC(=O)CN2CCC(n3nnc4ccccc43)CC2)cc1Cl. The van der Waals surface area contributed by atoms with Crippen LogP contribution in [0.2, 0.25) is 5.02 Å². The van der Waals surface area contributed by atoms with Gasteiger partial charge < -0.3 is 5.32 Å². The Kier molecular flexibility index (Phi) is 5.09. The summed E-state index contributed by atoms with van der Waals surface area (Å²) in [6.07, 6.45) is 1.91. The normalized spacial score (nSPS) is 15.9. The number of aryl methyl sites for hydroxylation is 1. The number of hydrogen-bond acceptors (Lipinski definition) is 4. The predicted molar refractivity (Wildman–Crippen MR) is 107 cm³/mol. The van der Waals surface area contributed by atoms with E-state index in [0.717, 1.165) is 48.2 Å². The summed E-state index contributed by atoms with van der Waals surface area (Å²) >= 11 is 6.12. The summed E-state index contributed by atoms with van der Waals surface area (Å²) in [6, 6.07) is 13.9. The summed E-state index contributed by atoms with van der Waals surface area (Å²) in [5.41, 5.74) is 3.73. The molecule has 1 saturated heterocycles. The Hall–Kier alpha value is -2.44. The summed E-state index contributed by atoms with van der Waals surface area (Å²) in [5, 5.41) is 12.2. The van der Waals surface area contributed by atoms with Crippen molar-refractivity contribution in [3.8, 4) is 0 Å². The zero-order valence-corrected chi connectivity index (χ0v) is 16.0. The van der Waals surface area contributed by atoms with Gasteiger partial charge >= 0.3 is 0 Å². The maximum atomic E-state index is 12.3. The number of aromatic nitrogens is 3. The molecule has 1 aromatic heterocycles. The molecule has 3 aromatic rings. The first kappa shape index (κ1) is 17.9. The quantitative estimate of drug-likeness (QED) is 0.746. The third-order valence-corrected chi connectivity index (χ3v) is 5.51. The van der Waals surface area contributed by atoms with Crippen molar-refractivity contribution in [1.82, 2.24) is 19.9 Å². The molecule has 1 fully saturated rings. The molecule has 1 aliphatic heterocycles. The van der Waals surface area contributed by atoms with E-state index in [2.05, 4.69) is 26.6 Å². The Morgan fingerprint density at radius 2 is 2.00 bits per heavy atom. The first-order valence-corrected chi connectivity index (χ1v) is 9.56. The molecule has 2 aromatic carbocycles. The van der Waals surface area contributed by atoms with Crippen LogP contribution in [0.1, 0.15) is 24.4 Å². The van der Waals surface area contributed by atoms with Crippen molar-refractivity contribution >= 4 is 34.2 Å². The van der Waals surface area contributed by atoms with Crippen LogP contribution in [0.5, 0.6) is 0 Å². The Bertz CT molecular complexity index is 962. The number of amides is 1. The van der Waals surface area contributed by atoms with Gasteiger partial charge in [0.1, 0.15) is 5.52 Å². The van der Waals surface area contributed by atoms with Gasteiger partial charge in [-0.05, 0) is 49.6 Å². The molecule has 140 valence electrons. The molecule has 1 amide bonds. The molecule has 0 radical (unpaired) electrons. The lowest BCUT2D eigenvalue weighted by molar-refractivity contribution is -0.117. The van der Waals surface area contributed by atoms with Crippen molar-refractivity contribution in [3.63, 3.8) is 0 Å². The lowest BCUT2D eigenvalue weighted by atomic mass is 10.0. The second kappa shape index (κ2) is 7.66. The summed E-state index contributed by atoms with van der Waals surface area (Å²) in [4.78, 5) is 14.5. The molecule has 1 aliphatic rings. The predicted octanol–water partition coefficient (Wildman–Crippen LogP) is 3.67. The van der Waals surface area contributed by atoms with Crippen LogP contribution in [0.25, 0.3) is 11.0 Å². The van der Waals surface area contributed by atoms with Gasteiger partial charge in [-0.15, -0.1) is 5.10 Å². The summed E-state index contributed by atoms with van der Waals surface area (Å²) in [6.45, 7) is 4.05. The zero-order valence-electron chi connectivity index (χ0n) is 15.2. The van der Waals surface area contributed by atoms with Crippen LogP contribution in [-0.4, -0.2) is 45.4 Å². The number of fused-ring (bicyclic) bond motifs is 1. The van der Waals surface area contributed by atoms with E-state index in [4.69, 9.17) is 11.6 Å². The van der Waals surface area contributed by atoms with E-state index in [9.17, 15) is 4.79 Å². The number of anilines is 1. The molecule has 0 spiro atoms. The monoisotopic (exact) mass is 383 g/mol. The fourth-order valence-electron chi connectivity index (χ4n) is 3.55. The molecule has 1 N–H and O–H groups in total. The lowest BCUT2D eigenvalue weighted by Crippen LogP contribution is -2.39. The Morgan fingerprint density at radius 3 is 2.78 bits per heavy atom. The van der Waals surface area contributed by atoms with Gasteiger partial charge in [-0.25, -0.2) is 4.68 Å². The van der Waals surface area contributed by atoms with Crippen LogP contribution < -0.4 is 5.32 Å². The average molecular weight is 384 g/mol. The number of hydrogen-bond donors (Lipinski definition) is 1. The van der Waals surface area contributed by atoms with E-state index in [1.54, 1.807) is 6.07 Å². The minimum absolute atomic E-state index is 0.0143. The molecule has 0 aliphatic carbocycles. The largest absolute Gasteiger partial charge is 0.325 e. The Labute approximate surface area is 163 Å². The fraction of sp³-hybridized carbons (Fsp3) is 0.350. The Morgan fingerprint density at radius 1 is 1.22 bits per heavy atom. The lowest BCUT2D eigenvalue weighted by Gasteiger charge is -2.31. The van der Waals surface area contributed by atoms with Gasteiger partial charge in [0.05, 0.1) is 18.1 Å². The Balaban J connectivity index is 1.32. The van der Waals surface area contributed by atoms with Gasteiger partial charge in [0.2, 0.25) is 5.91 Å². The van der Waals surface area contributed by atoms with Gasteiger partial charge in [0.25, 0.3) is 0 Å². The minimum atomic E-state index is -0.0143. The highest BCUT2D eigenvalue weighted by Gasteiger charge is 2.24. The van der Waals surface area contributed by atoms with E-state index in [1.165, 1.54) is 0 Å². The maximum absolute atomic E-state index is 12.3. The van der Waals surface area contributed by atoms with E-state index in [1.807, 2.05) is 41.9 Å². The summed E-state index contributed by atoms with van der Waals surface area (Å²) < 4.78 is 2.03. The van der Waals surface area contributed by atoms with Crippen LogP contribution >= 0.6 is 11.6 Å². The number of carbonyl (C=O) groups is 1. The topological polar surface area (TPSA) is 63.1 Å². The molecular weight excluding hydrogens is 362 g/mol. The maximum Gasteiger partial charge on any atom is 0.238 e. The van der Waals surface area contributed by atoms with E-state index in [0.29, 0.717) is 17.6 Å². The standard InChI is InChI=1S/C20H22ClN5O/c1-14-6-7-15(12-17(14)21)22-20(27)13-25-10-8-16(9-11-25)26-19-5-3-2-4-18(19)23-24-26/h2-7,12,16H,8-11,13H2,1H3,(H,22,27). The number of rotatable bonds is 4. The number of nitrogens with one attached hydrogen (secondary N) is 1. The zero-order chi connectivity index (χ0) is 18.8. The van der Waals surface area contributed by atoms with Crippen molar-refractivity contribution in [2.75, 3.05) is 25.0 Å². The van der Waals surface area contributed by atoms with Crippen LogP contribution in [-0.2, 0) is 4.79 Å². The molecule has 0 unspecified atom stereocenters. The highest BCUT2D eigenvalue weighted by molar-refractivity contribution is 6.31. The number of para-hydroxylation sites is 1. The van der Waals surface area contributed by atoms with Gasteiger partial charge in [-0.2, -0.15) is 0 Å². The number of likely N-dealkylation sites (tertiary alicyclic amines) is 1. The molecule has 7 heteroatoms. The van der Waals surface area contributed by atoms with Crippen molar-refractivity contribution in [2.24, 2.45) is 0 Å². The molecule has 27 heavy (non-hydrogen) atoms. The number of carbonyl (C=O) groups excluding carboxylic acids is 1. The number of nitrogens with zero attached hydrogens (tertiary/aromatic N) is 4. The van der Waals surface area contributed by atoms with Crippen LogP contribution in [0.3, 0.4) is 0 Å². The van der Waals surface area contributed by atoms with Crippen molar-refractivity contribution in [1.29, 1.82) is 0 Å². The highest BCUT2D eigenvalue weighted by Crippen LogP contribution is 2.25. The molecular formula is C20H22ClN5O. The van der Waals surface area contributed by atoms with E-state index >= 15 is 0 Å². The second-order valence-corrected chi connectivity index (χ2v) is 7.45. The van der Waals surface area contributed by atoms with Gasteiger partial charge in [0.15, 0.2) is 0 Å². The smallest absolute Gasteiger partial charge is 0.238 e. The molecule has 0 saturated carbocycles. The van der Waals surface area contributed by atoms with E-state index in [-0.39, 0.29) is 5.91 Å². The van der Waals surface area contributed by atoms with Crippen LogP contribution in [0, 0.1) is 6.92 Å². The van der Waals surface area contributed by atoms with Crippen LogP contribution in [0.15, 0.2) is 42.5 Å². The number of piperidine rings is 1.